The number of hydrogen-bond acceptors (Lipinski definition) is 6. The van der Waals surface area contributed by atoms with E-state index in [1.54, 1.807) is 28.8 Å². The number of hydrogen-bond donors (Lipinski definition) is 0. The standard InChI is InChI=1S/C23H15ClFN5OS/c24-17-11-5-4-10-16(17)21-27-29-23(30(21)19-13-7-6-12-18(19)25)32-14-20-26-28-22(31-20)15-8-2-1-3-9-15/h1-13H,14H2. The van der Waals surface area contributed by atoms with Gasteiger partial charge in [-0.3, -0.25) is 4.57 Å². The Balaban J connectivity index is 1.49. The van der Waals surface area contributed by atoms with E-state index in [0.717, 1.165) is 5.56 Å². The summed E-state index contributed by atoms with van der Waals surface area (Å²) in [5.74, 6) is 1.25. The highest BCUT2D eigenvalue weighted by Crippen LogP contribution is 2.33. The van der Waals surface area contributed by atoms with Gasteiger partial charge in [-0.15, -0.1) is 20.4 Å². The summed E-state index contributed by atoms with van der Waals surface area (Å²) in [5, 5.41) is 17.8. The minimum Gasteiger partial charge on any atom is -0.420 e. The van der Waals surface area contributed by atoms with E-state index in [4.69, 9.17) is 16.0 Å². The number of halogens is 2. The van der Waals surface area contributed by atoms with E-state index in [-0.39, 0.29) is 0 Å². The molecule has 9 heteroatoms. The van der Waals surface area contributed by atoms with Crippen LogP contribution < -0.4 is 0 Å². The molecule has 0 N–H and O–H groups in total. The van der Waals surface area contributed by atoms with Gasteiger partial charge in [-0.1, -0.05) is 65.8 Å². The van der Waals surface area contributed by atoms with Crippen LogP contribution in [0.1, 0.15) is 5.89 Å². The monoisotopic (exact) mass is 463 g/mol. The molecule has 6 nitrogen and oxygen atoms in total. The Hall–Kier alpha value is -3.49. The third-order valence-corrected chi connectivity index (χ3v) is 5.90. The number of benzene rings is 3. The molecule has 0 aliphatic carbocycles. The number of aromatic nitrogens is 5. The van der Waals surface area contributed by atoms with E-state index in [2.05, 4.69) is 20.4 Å². The summed E-state index contributed by atoms with van der Waals surface area (Å²) in [6.45, 7) is 0. The van der Waals surface area contributed by atoms with E-state index in [9.17, 15) is 4.39 Å². The Bertz CT molecular complexity index is 1370. The first-order valence-electron chi connectivity index (χ1n) is 9.66. The van der Waals surface area contributed by atoms with Crippen molar-refractivity contribution in [3.63, 3.8) is 0 Å². The fraction of sp³-hybridized carbons (Fsp3) is 0.0435. The summed E-state index contributed by atoms with van der Waals surface area (Å²) in [5.41, 5.74) is 1.82. The summed E-state index contributed by atoms with van der Waals surface area (Å²) in [7, 11) is 0. The molecule has 0 aliphatic rings. The molecular formula is C23H15ClFN5OS. The Kier molecular flexibility index (Phi) is 5.70. The maximum absolute atomic E-state index is 14.7. The SMILES string of the molecule is Fc1ccccc1-n1c(SCc2nnc(-c3ccccc3)o2)nnc1-c1ccccc1Cl. The zero-order valence-electron chi connectivity index (χ0n) is 16.5. The summed E-state index contributed by atoms with van der Waals surface area (Å²) >= 11 is 7.70. The van der Waals surface area contributed by atoms with Crippen molar-refractivity contribution in [1.82, 2.24) is 25.0 Å². The Morgan fingerprint density at radius 1 is 0.844 bits per heavy atom. The Morgan fingerprint density at radius 2 is 1.59 bits per heavy atom. The molecule has 2 aromatic heterocycles. The fourth-order valence-electron chi connectivity index (χ4n) is 3.17. The number of nitrogens with zero attached hydrogens (tertiary/aromatic N) is 5. The van der Waals surface area contributed by atoms with Crippen LogP contribution in [-0.2, 0) is 5.75 Å². The lowest BCUT2D eigenvalue weighted by Crippen LogP contribution is -2.02. The molecule has 0 saturated carbocycles. The van der Waals surface area contributed by atoms with Crippen LogP contribution in [0.15, 0.2) is 88.4 Å². The zero-order valence-corrected chi connectivity index (χ0v) is 18.1. The van der Waals surface area contributed by atoms with Gasteiger partial charge in [0.25, 0.3) is 0 Å². The van der Waals surface area contributed by atoms with Gasteiger partial charge in [0, 0.05) is 11.1 Å². The molecule has 0 atom stereocenters. The van der Waals surface area contributed by atoms with Crippen molar-refractivity contribution < 1.29 is 8.81 Å². The molecule has 158 valence electrons. The van der Waals surface area contributed by atoms with Crippen molar-refractivity contribution in [2.45, 2.75) is 10.9 Å². The second-order valence-corrected chi connectivity index (χ2v) is 8.08. The topological polar surface area (TPSA) is 69.6 Å². The molecule has 2 heterocycles. The van der Waals surface area contributed by atoms with Crippen LogP contribution in [0, 0.1) is 5.82 Å². The predicted molar refractivity (Wildman–Crippen MR) is 121 cm³/mol. The first kappa shape index (κ1) is 20.4. The quantitative estimate of drug-likeness (QED) is 0.285. The third kappa shape index (κ3) is 4.02. The number of para-hydroxylation sites is 1. The maximum Gasteiger partial charge on any atom is 0.247 e. The molecule has 0 aliphatic heterocycles. The molecule has 5 rings (SSSR count). The first-order valence-corrected chi connectivity index (χ1v) is 11.0. The van der Waals surface area contributed by atoms with Gasteiger partial charge in [-0.25, -0.2) is 4.39 Å². The van der Waals surface area contributed by atoms with E-state index >= 15 is 0 Å². The maximum atomic E-state index is 14.7. The summed E-state index contributed by atoms with van der Waals surface area (Å²) in [6, 6.07) is 23.2. The smallest absolute Gasteiger partial charge is 0.247 e. The third-order valence-electron chi connectivity index (χ3n) is 4.65. The average molecular weight is 464 g/mol. The number of rotatable bonds is 6. The largest absolute Gasteiger partial charge is 0.420 e. The van der Waals surface area contributed by atoms with E-state index in [1.807, 2.05) is 48.5 Å². The lowest BCUT2D eigenvalue weighted by Gasteiger charge is -2.11. The van der Waals surface area contributed by atoms with Gasteiger partial charge in [0.2, 0.25) is 11.8 Å². The molecule has 0 unspecified atom stereocenters. The minimum atomic E-state index is -0.397. The van der Waals surface area contributed by atoms with Crippen molar-refractivity contribution in [1.29, 1.82) is 0 Å². The van der Waals surface area contributed by atoms with Crippen LogP contribution in [0.2, 0.25) is 5.02 Å². The van der Waals surface area contributed by atoms with Gasteiger partial charge in [-0.2, -0.15) is 0 Å². The van der Waals surface area contributed by atoms with Gasteiger partial charge >= 0.3 is 0 Å². The predicted octanol–water partition coefficient (Wildman–Crippen LogP) is 6.07. The average Bonchev–Trinajstić information content (AvgIpc) is 3.46. The van der Waals surface area contributed by atoms with Gasteiger partial charge < -0.3 is 4.42 Å². The highest BCUT2D eigenvalue weighted by Gasteiger charge is 2.21. The van der Waals surface area contributed by atoms with Crippen molar-refractivity contribution >= 4 is 23.4 Å². The summed E-state index contributed by atoms with van der Waals surface area (Å²) < 4.78 is 22.1. The van der Waals surface area contributed by atoms with Crippen LogP contribution in [0.4, 0.5) is 4.39 Å². The fourth-order valence-corrected chi connectivity index (χ4v) is 4.17. The van der Waals surface area contributed by atoms with E-state index < -0.39 is 5.82 Å². The van der Waals surface area contributed by atoms with Crippen molar-refractivity contribution in [2.24, 2.45) is 0 Å². The number of thioether (sulfide) groups is 1. The van der Waals surface area contributed by atoms with Gasteiger partial charge in [0.05, 0.1) is 16.5 Å². The van der Waals surface area contributed by atoms with Crippen molar-refractivity contribution in [2.75, 3.05) is 0 Å². The molecule has 0 radical (unpaired) electrons. The van der Waals surface area contributed by atoms with Crippen LogP contribution >= 0.6 is 23.4 Å². The molecule has 0 saturated heterocycles. The molecular weight excluding hydrogens is 449 g/mol. The normalized spacial score (nSPS) is 11.1. The zero-order chi connectivity index (χ0) is 21.9. The van der Waals surface area contributed by atoms with Crippen LogP contribution in [0.3, 0.4) is 0 Å². The highest BCUT2D eigenvalue weighted by atomic mass is 35.5. The van der Waals surface area contributed by atoms with Crippen LogP contribution in [0.25, 0.3) is 28.5 Å². The van der Waals surface area contributed by atoms with E-state index in [1.165, 1.54) is 17.8 Å². The lowest BCUT2D eigenvalue weighted by molar-refractivity contribution is 0.528. The summed E-state index contributed by atoms with van der Waals surface area (Å²) in [6.07, 6.45) is 0. The molecule has 0 bridgehead atoms. The molecule has 0 fully saturated rings. The second-order valence-electron chi connectivity index (χ2n) is 6.73. The van der Waals surface area contributed by atoms with Crippen molar-refractivity contribution in [3.8, 4) is 28.5 Å². The molecule has 32 heavy (non-hydrogen) atoms. The Morgan fingerprint density at radius 3 is 2.41 bits per heavy atom. The highest BCUT2D eigenvalue weighted by molar-refractivity contribution is 7.98. The minimum absolute atomic E-state index is 0.324. The van der Waals surface area contributed by atoms with Crippen molar-refractivity contribution in [3.05, 3.63) is 95.6 Å². The molecule has 5 aromatic rings. The van der Waals surface area contributed by atoms with Gasteiger partial charge in [0.1, 0.15) is 5.82 Å². The van der Waals surface area contributed by atoms with Gasteiger partial charge in [-0.05, 0) is 36.4 Å². The van der Waals surface area contributed by atoms with Gasteiger partial charge in [0.15, 0.2) is 11.0 Å². The molecule has 3 aromatic carbocycles. The Labute approximate surface area is 192 Å². The lowest BCUT2D eigenvalue weighted by atomic mass is 10.2. The van der Waals surface area contributed by atoms with Crippen LogP contribution in [-0.4, -0.2) is 25.0 Å². The first-order chi connectivity index (χ1) is 15.7. The van der Waals surface area contributed by atoms with E-state index in [0.29, 0.717) is 44.8 Å². The molecule has 0 spiro atoms. The second kappa shape index (κ2) is 8.94. The molecule has 0 amide bonds. The summed E-state index contributed by atoms with van der Waals surface area (Å²) in [4.78, 5) is 0. The van der Waals surface area contributed by atoms with Crippen LogP contribution in [0.5, 0.6) is 0 Å².